The predicted octanol–water partition coefficient (Wildman–Crippen LogP) is 3.77. The predicted molar refractivity (Wildman–Crippen MR) is 157 cm³/mol. The van der Waals surface area contributed by atoms with E-state index in [1.807, 2.05) is 0 Å². The molecule has 0 aromatic carbocycles. The Bertz CT molecular complexity index is 426. The Morgan fingerprint density at radius 2 is 0.722 bits per heavy atom. The molecule has 36 heavy (non-hydrogen) atoms. The average molecular weight is 643 g/mol. The molecule has 0 heterocycles. The highest BCUT2D eigenvalue weighted by atomic mass is 79.9. The first-order valence-electron chi connectivity index (χ1n) is 15.9. The molecule has 1 unspecified atom stereocenters. The molecular weight excluding hydrogens is 572 g/mol. The molecule has 0 aliphatic rings. The van der Waals surface area contributed by atoms with Gasteiger partial charge in [0.1, 0.15) is 12.6 Å². The van der Waals surface area contributed by atoms with Crippen LogP contribution in [-0.4, -0.2) is 62.8 Å². The summed E-state index contributed by atoms with van der Waals surface area (Å²) in [4.78, 5) is 0. The monoisotopic (exact) mass is 640 g/mol. The fraction of sp³-hybridized carbons (Fsp3) is 1.00. The molecule has 0 aromatic heterocycles. The lowest BCUT2D eigenvalue weighted by molar-refractivity contribution is -0.965. The van der Waals surface area contributed by atoms with Gasteiger partial charge in [0, 0.05) is 6.42 Å². The maximum atomic E-state index is 2.50. The molecule has 0 bridgehead atoms. The van der Waals surface area contributed by atoms with Gasteiger partial charge in [-0.3, -0.25) is 0 Å². The van der Waals surface area contributed by atoms with E-state index < -0.39 is 0 Å². The lowest BCUT2D eigenvalue weighted by atomic mass is 10.0. The smallest absolute Gasteiger partial charge is 0.138 e. The van der Waals surface area contributed by atoms with E-state index in [9.17, 15) is 0 Å². The van der Waals surface area contributed by atoms with Crippen LogP contribution in [0, 0.1) is 0 Å². The first-order chi connectivity index (χ1) is 16.3. The number of unbranched alkanes of at least 4 members (excludes halogenated alkanes) is 18. The standard InChI is InChI=1S/C32H70N2.2BrH/c1-8-11-13-15-17-19-21-23-25-27-29-33(4,5)31-32(10-3)34(6,7)30-28-26-24-22-20-18-16-14-12-9-2;;/h32H,8-31H2,1-7H3;2*1H/q+2;;/p-2. The Balaban J connectivity index is -0.00000544. The molecule has 2 nitrogen and oxygen atoms in total. The van der Waals surface area contributed by atoms with Gasteiger partial charge in [-0.25, -0.2) is 0 Å². The molecular formula is C32H70Br2N2. The quantitative estimate of drug-likeness (QED) is 0.0997. The van der Waals surface area contributed by atoms with Crippen molar-refractivity contribution in [2.75, 3.05) is 47.8 Å². The summed E-state index contributed by atoms with van der Waals surface area (Å²) in [6.07, 6.45) is 30.1. The summed E-state index contributed by atoms with van der Waals surface area (Å²) >= 11 is 0. The van der Waals surface area contributed by atoms with Crippen LogP contribution in [0.1, 0.15) is 156 Å². The number of quaternary nitrogens is 2. The van der Waals surface area contributed by atoms with Gasteiger partial charge in [0.2, 0.25) is 0 Å². The van der Waals surface area contributed by atoms with Gasteiger partial charge in [0.25, 0.3) is 0 Å². The molecule has 0 amide bonds. The molecule has 0 aliphatic heterocycles. The van der Waals surface area contributed by atoms with Crippen molar-refractivity contribution < 1.29 is 42.9 Å². The van der Waals surface area contributed by atoms with Crippen LogP contribution in [0.15, 0.2) is 0 Å². The highest BCUT2D eigenvalue weighted by Crippen LogP contribution is 2.19. The molecule has 1 atom stereocenters. The molecule has 222 valence electrons. The van der Waals surface area contributed by atoms with Crippen LogP contribution in [-0.2, 0) is 0 Å². The fourth-order valence-electron chi connectivity index (χ4n) is 5.72. The second-order valence-corrected chi connectivity index (χ2v) is 12.8. The van der Waals surface area contributed by atoms with E-state index in [1.54, 1.807) is 0 Å². The zero-order valence-electron chi connectivity index (χ0n) is 26.2. The molecule has 0 rings (SSSR count). The largest absolute Gasteiger partial charge is 1.00 e. The van der Waals surface area contributed by atoms with Crippen LogP contribution in [0.2, 0.25) is 0 Å². The Hall–Kier alpha value is 0.880. The van der Waals surface area contributed by atoms with Gasteiger partial charge in [-0.2, -0.15) is 0 Å². The number of hydrogen-bond donors (Lipinski definition) is 0. The third kappa shape index (κ3) is 25.2. The van der Waals surface area contributed by atoms with Crippen molar-refractivity contribution >= 4 is 0 Å². The lowest BCUT2D eigenvalue weighted by Gasteiger charge is -2.42. The maximum absolute atomic E-state index is 2.50. The van der Waals surface area contributed by atoms with Gasteiger partial charge in [0.05, 0.1) is 41.3 Å². The van der Waals surface area contributed by atoms with Gasteiger partial charge in [-0.1, -0.05) is 124 Å². The van der Waals surface area contributed by atoms with Crippen LogP contribution in [0.25, 0.3) is 0 Å². The van der Waals surface area contributed by atoms with Gasteiger partial charge in [-0.05, 0) is 25.7 Å². The van der Waals surface area contributed by atoms with Gasteiger partial charge >= 0.3 is 0 Å². The van der Waals surface area contributed by atoms with Crippen molar-refractivity contribution in [3.63, 3.8) is 0 Å². The normalized spacial score (nSPS) is 12.8. The first-order valence-corrected chi connectivity index (χ1v) is 15.9. The van der Waals surface area contributed by atoms with E-state index in [0.29, 0.717) is 0 Å². The third-order valence-corrected chi connectivity index (χ3v) is 8.37. The number of halogens is 2. The SMILES string of the molecule is CCCCCCCCCCCC[N+](C)(C)CC(CC)[N+](C)(C)CCCCCCCCCCCC.[Br-].[Br-]. The number of likely N-dealkylation sites (N-methyl/N-ethyl adjacent to an activating group) is 2. The summed E-state index contributed by atoms with van der Waals surface area (Å²) in [6, 6.07) is 0.789. The summed E-state index contributed by atoms with van der Waals surface area (Å²) in [7, 11) is 9.97. The summed E-state index contributed by atoms with van der Waals surface area (Å²) in [5.41, 5.74) is 0. The average Bonchev–Trinajstić information content (AvgIpc) is 2.79. The van der Waals surface area contributed by atoms with Crippen molar-refractivity contribution in [1.82, 2.24) is 0 Å². The van der Waals surface area contributed by atoms with E-state index in [1.165, 1.54) is 163 Å². The minimum Gasteiger partial charge on any atom is -1.00 e. The summed E-state index contributed by atoms with van der Waals surface area (Å²) < 4.78 is 2.42. The van der Waals surface area contributed by atoms with Gasteiger partial charge in [-0.15, -0.1) is 0 Å². The van der Waals surface area contributed by atoms with E-state index in [2.05, 4.69) is 49.0 Å². The molecule has 0 saturated carbocycles. The van der Waals surface area contributed by atoms with Crippen LogP contribution in [0.4, 0.5) is 0 Å². The van der Waals surface area contributed by atoms with Gasteiger partial charge < -0.3 is 42.9 Å². The van der Waals surface area contributed by atoms with Crippen molar-refractivity contribution in [3.05, 3.63) is 0 Å². The van der Waals surface area contributed by atoms with Crippen molar-refractivity contribution in [3.8, 4) is 0 Å². The Kier molecular flexibility index (Phi) is 31.5. The second-order valence-electron chi connectivity index (χ2n) is 12.8. The number of nitrogens with zero attached hydrogens (tertiary/aromatic N) is 2. The second kappa shape index (κ2) is 27.4. The fourth-order valence-corrected chi connectivity index (χ4v) is 5.72. The van der Waals surface area contributed by atoms with Crippen LogP contribution >= 0.6 is 0 Å². The zero-order chi connectivity index (χ0) is 25.5. The number of hydrogen-bond acceptors (Lipinski definition) is 0. The van der Waals surface area contributed by atoms with E-state index in [4.69, 9.17) is 0 Å². The van der Waals surface area contributed by atoms with E-state index in [0.717, 1.165) is 6.04 Å². The molecule has 0 radical (unpaired) electrons. The molecule has 4 heteroatoms. The van der Waals surface area contributed by atoms with Gasteiger partial charge in [0.15, 0.2) is 0 Å². The van der Waals surface area contributed by atoms with Crippen LogP contribution in [0.3, 0.4) is 0 Å². The lowest BCUT2D eigenvalue weighted by Crippen LogP contribution is -3.00. The highest BCUT2D eigenvalue weighted by molar-refractivity contribution is 4.58. The molecule has 0 aromatic rings. The van der Waals surface area contributed by atoms with Crippen LogP contribution in [0.5, 0.6) is 0 Å². The maximum Gasteiger partial charge on any atom is 0.138 e. The molecule has 0 spiro atoms. The van der Waals surface area contributed by atoms with Crippen LogP contribution < -0.4 is 34.0 Å². The molecule has 0 aliphatic carbocycles. The highest BCUT2D eigenvalue weighted by Gasteiger charge is 2.32. The Labute approximate surface area is 251 Å². The molecule has 0 N–H and O–H groups in total. The van der Waals surface area contributed by atoms with E-state index >= 15 is 0 Å². The first kappa shape index (κ1) is 41.4. The van der Waals surface area contributed by atoms with Crippen molar-refractivity contribution in [1.29, 1.82) is 0 Å². The van der Waals surface area contributed by atoms with E-state index in [-0.39, 0.29) is 34.0 Å². The Morgan fingerprint density at radius 1 is 0.417 bits per heavy atom. The topological polar surface area (TPSA) is 0 Å². The third-order valence-electron chi connectivity index (χ3n) is 8.37. The number of rotatable bonds is 26. The van der Waals surface area contributed by atoms with Crippen molar-refractivity contribution in [2.45, 2.75) is 162 Å². The summed E-state index contributed by atoms with van der Waals surface area (Å²) in [6.45, 7) is 11.1. The Morgan fingerprint density at radius 3 is 1.06 bits per heavy atom. The molecule has 0 saturated heterocycles. The summed E-state index contributed by atoms with van der Waals surface area (Å²) in [5.74, 6) is 0. The zero-order valence-corrected chi connectivity index (χ0v) is 29.4. The summed E-state index contributed by atoms with van der Waals surface area (Å²) in [5, 5.41) is 0. The molecule has 0 fully saturated rings. The van der Waals surface area contributed by atoms with Crippen molar-refractivity contribution in [2.24, 2.45) is 0 Å². The minimum absolute atomic E-state index is 0. The minimum atomic E-state index is 0.